The van der Waals surface area contributed by atoms with E-state index in [1.807, 2.05) is 30.6 Å². The molecule has 0 amide bonds. The number of rotatable bonds is 2. The van der Waals surface area contributed by atoms with E-state index in [1.165, 1.54) is 47.8 Å². The number of nitrogens with zero attached hydrogens (tertiary/aromatic N) is 2. The molecule has 1 atom stereocenters. The molecular formula is C23H27ClN2. The summed E-state index contributed by atoms with van der Waals surface area (Å²) in [7, 11) is 0. The van der Waals surface area contributed by atoms with E-state index in [1.54, 1.807) is 0 Å². The lowest BCUT2D eigenvalue weighted by molar-refractivity contribution is 0.176. The molecule has 1 aliphatic rings. The van der Waals surface area contributed by atoms with Crippen LogP contribution in [0.25, 0.3) is 10.8 Å². The van der Waals surface area contributed by atoms with E-state index < -0.39 is 0 Å². The number of hydrogen-bond acceptors (Lipinski definition) is 2. The van der Waals surface area contributed by atoms with Crippen molar-refractivity contribution in [2.24, 2.45) is 5.92 Å². The summed E-state index contributed by atoms with van der Waals surface area (Å²) in [5, 5.41) is 3.37. The molecule has 1 fully saturated rings. The van der Waals surface area contributed by atoms with Crippen molar-refractivity contribution in [3.05, 3.63) is 77.1 Å². The standard InChI is InChI=1S/C13H18ClN.C10H9N/c1-11-5-4-8-15(9-11)10-12-6-2-3-7-13(12)14;1-8-2-3-10-7-11-5-4-9(10)6-8/h2-3,6-7,11H,4-5,8-10H2,1H3;2-7H,1H3. The lowest BCUT2D eigenvalue weighted by Crippen LogP contribution is -2.33. The summed E-state index contributed by atoms with van der Waals surface area (Å²) in [5.74, 6) is 0.834. The number of hydrogen-bond donors (Lipinski definition) is 0. The number of likely N-dealkylation sites (tertiary alicyclic amines) is 1. The van der Waals surface area contributed by atoms with Crippen molar-refractivity contribution in [2.75, 3.05) is 13.1 Å². The van der Waals surface area contributed by atoms with Gasteiger partial charge in [-0.3, -0.25) is 9.88 Å². The molecule has 2 heterocycles. The van der Waals surface area contributed by atoms with Gasteiger partial charge in [0.2, 0.25) is 0 Å². The van der Waals surface area contributed by atoms with E-state index in [0.29, 0.717) is 0 Å². The van der Waals surface area contributed by atoms with Gasteiger partial charge < -0.3 is 0 Å². The summed E-state index contributed by atoms with van der Waals surface area (Å²) in [4.78, 5) is 6.55. The highest BCUT2D eigenvalue weighted by molar-refractivity contribution is 6.31. The van der Waals surface area contributed by atoms with Crippen LogP contribution in [0.15, 0.2) is 60.9 Å². The average Bonchev–Trinajstić information content (AvgIpc) is 2.64. The molecule has 4 rings (SSSR count). The number of fused-ring (bicyclic) bond motifs is 1. The van der Waals surface area contributed by atoms with Crippen molar-refractivity contribution in [1.82, 2.24) is 9.88 Å². The Kier molecular flexibility index (Phi) is 6.65. The predicted molar refractivity (Wildman–Crippen MR) is 112 cm³/mol. The monoisotopic (exact) mass is 366 g/mol. The summed E-state index contributed by atoms with van der Waals surface area (Å²) in [5.41, 5.74) is 2.55. The van der Waals surface area contributed by atoms with Crippen LogP contribution in [0.2, 0.25) is 5.02 Å². The smallest absolute Gasteiger partial charge is 0.0451 e. The molecule has 0 N–H and O–H groups in total. The molecule has 0 aliphatic carbocycles. The topological polar surface area (TPSA) is 16.1 Å². The SMILES string of the molecule is CC1CCCN(Cc2ccccc2Cl)C1.Cc1ccc2cnccc2c1. The lowest BCUT2D eigenvalue weighted by Gasteiger charge is -2.31. The summed E-state index contributed by atoms with van der Waals surface area (Å²) in [6.07, 6.45) is 6.40. The van der Waals surface area contributed by atoms with Gasteiger partial charge in [0.1, 0.15) is 0 Å². The third-order valence-electron chi connectivity index (χ3n) is 4.89. The normalized spacial score (nSPS) is 17.6. The minimum absolute atomic E-state index is 0.834. The molecular weight excluding hydrogens is 340 g/mol. The molecule has 136 valence electrons. The molecule has 2 aromatic carbocycles. The minimum Gasteiger partial charge on any atom is -0.299 e. The van der Waals surface area contributed by atoms with Gasteiger partial charge in [0.05, 0.1) is 0 Å². The Morgan fingerprint density at radius 3 is 2.77 bits per heavy atom. The van der Waals surface area contributed by atoms with Gasteiger partial charge in [0.25, 0.3) is 0 Å². The number of halogens is 1. The molecule has 3 heteroatoms. The molecule has 0 spiro atoms. The van der Waals surface area contributed by atoms with Crippen LogP contribution in [-0.4, -0.2) is 23.0 Å². The van der Waals surface area contributed by atoms with Crippen molar-refractivity contribution in [3.8, 4) is 0 Å². The Labute approximate surface area is 161 Å². The van der Waals surface area contributed by atoms with Crippen LogP contribution in [-0.2, 0) is 6.54 Å². The first-order chi connectivity index (χ1) is 12.6. The Bertz CT molecular complexity index is 846. The van der Waals surface area contributed by atoms with Gasteiger partial charge in [-0.05, 0) is 55.3 Å². The van der Waals surface area contributed by atoms with E-state index in [4.69, 9.17) is 11.6 Å². The first kappa shape index (κ1) is 18.9. The first-order valence-corrected chi connectivity index (χ1v) is 9.76. The van der Waals surface area contributed by atoms with Crippen LogP contribution >= 0.6 is 11.6 Å². The Morgan fingerprint density at radius 1 is 1.12 bits per heavy atom. The zero-order chi connectivity index (χ0) is 18.4. The maximum atomic E-state index is 6.15. The zero-order valence-electron chi connectivity index (χ0n) is 15.7. The van der Waals surface area contributed by atoms with Crippen molar-refractivity contribution < 1.29 is 0 Å². The third kappa shape index (κ3) is 5.30. The van der Waals surface area contributed by atoms with E-state index in [2.05, 4.69) is 54.1 Å². The van der Waals surface area contributed by atoms with E-state index in [9.17, 15) is 0 Å². The fraction of sp³-hybridized carbons (Fsp3) is 0.348. The number of aryl methyl sites for hydroxylation is 1. The van der Waals surface area contributed by atoms with Gasteiger partial charge in [0.15, 0.2) is 0 Å². The molecule has 1 unspecified atom stereocenters. The van der Waals surface area contributed by atoms with E-state index in [-0.39, 0.29) is 0 Å². The fourth-order valence-electron chi connectivity index (χ4n) is 3.50. The molecule has 1 aromatic heterocycles. The van der Waals surface area contributed by atoms with Gasteiger partial charge in [-0.25, -0.2) is 0 Å². The maximum Gasteiger partial charge on any atom is 0.0451 e. The first-order valence-electron chi connectivity index (χ1n) is 9.38. The van der Waals surface area contributed by atoms with Crippen LogP contribution in [0.1, 0.15) is 30.9 Å². The van der Waals surface area contributed by atoms with Gasteiger partial charge in [0, 0.05) is 35.9 Å². The summed E-state index contributed by atoms with van der Waals surface area (Å²) in [6, 6.07) is 16.5. The molecule has 1 saturated heterocycles. The zero-order valence-corrected chi connectivity index (χ0v) is 16.4. The Hall–Kier alpha value is -1.90. The molecule has 0 saturated carbocycles. The van der Waals surface area contributed by atoms with Gasteiger partial charge in [-0.2, -0.15) is 0 Å². The Morgan fingerprint density at radius 2 is 1.96 bits per heavy atom. The largest absolute Gasteiger partial charge is 0.299 e. The highest BCUT2D eigenvalue weighted by Gasteiger charge is 2.16. The van der Waals surface area contributed by atoms with E-state index in [0.717, 1.165) is 17.5 Å². The van der Waals surface area contributed by atoms with Crippen LogP contribution in [0, 0.1) is 12.8 Å². The van der Waals surface area contributed by atoms with E-state index >= 15 is 0 Å². The number of pyridine rings is 1. The molecule has 2 nitrogen and oxygen atoms in total. The average molecular weight is 367 g/mol. The second-order valence-electron chi connectivity index (χ2n) is 7.30. The highest BCUT2D eigenvalue weighted by atomic mass is 35.5. The van der Waals surface area contributed by atoms with Crippen molar-refractivity contribution in [1.29, 1.82) is 0 Å². The Balaban J connectivity index is 0.000000158. The third-order valence-corrected chi connectivity index (χ3v) is 5.26. The van der Waals surface area contributed by atoms with Crippen LogP contribution < -0.4 is 0 Å². The molecule has 3 aromatic rings. The van der Waals surface area contributed by atoms with Crippen LogP contribution in [0.4, 0.5) is 0 Å². The second-order valence-corrected chi connectivity index (χ2v) is 7.71. The number of aromatic nitrogens is 1. The quantitative estimate of drug-likeness (QED) is 0.543. The molecule has 26 heavy (non-hydrogen) atoms. The molecule has 0 bridgehead atoms. The number of piperidine rings is 1. The minimum atomic E-state index is 0.834. The highest BCUT2D eigenvalue weighted by Crippen LogP contribution is 2.21. The lowest BCUT2D eigenvalue weighted by atomic mass is 10.00. The van der Waals surface area contributed by atoms with Gasteiger partial charge >= 0.3 is 0 Å². The second kappa shape index (κ2) is 9.16. The van der Waals surface area contributed by atoms with Crippen molar-refractivity contribution in [2.45, 2.75) is 33.2 Å². The summed E-state index contributed by atoms with van der Waals surface area (Å²) >= 11 is 6.15. The maximum absolute atomic E-state index is 6.15. The summed E-state index contributed by atoms with van der Waals surface area (Å²) < 4.78 is 0. The molecule has 1 aliphatic heterocycles. The van der Waals surface area contributed by atoms with Gasteiger partial charge in [-0.1, -0.05) is 60.5 Å². The fourth-order valence-corrected chi connectivity index (χ4v) is 3.70. The number of benzene rings is 2. The summed E-state index contributed by atoms with van der Waals surface area (Å²) in [6.45, 7) is 7.86. The molecule has 0 radical (unpaired) electrons. The van der Waals surface area contributed by atoms with Crippen molar-refractivity contribution >= 4 is 22.4 Å². The van der Waals surface area contributed by atoms with Crippen LogP contribution in [0.5, 0.6) is 0 Å². The van der Waals surface area contributed by atoms with Gasteiger partial charge in [-0.15, -0.1) is 0 Å². The van der Waals surface area contributed by atoms with Crippen LogP contribution in [0.3, 0.4) is 0 Å². The predicted octanol–water partition coefficient (Wildman–Crippen LogP) is 6.12. The van der Waals surface area contributed by atoms with Crippen molar-refractivity contribution in [3.63, 3.8) is 0 Å².